The first-order valence-corrected chi connectivity index (χ1v) is 4.80. The molecule has 0 aliphatic carbocycles. The Morgan fingerprint density at radius 1 is 1.38 bits per heavy atom. The smallest absolute Gasteiger partial charge is 0.134 e. The molecule has 0 amide bonds. The highest BCUT2D eigenvalue weighted by atomic mass is 35.5. The molecular formula is C11H15ClO. The van der Waals surface area contributed by atoms with E-state index in [0.29, 0.717) is 11.4 Å². The molecule has 0 heterocycles. The van der Waals surface area contributed by atoms with Gasteiger partial charge in [0.05, 0.1) is 0 Å². The average molecular weight is 199 g/mol. The predicted molar refractivity (Wildman–Crippen MR) is 57.2 cm³/mol. The number of hydrogen-bond acceptors (Lipinski definition) is 1. The van der Waals surface area contributed by atoms with Crippen molar-refractivity contribution in [2.24, 2.45) is 0 Å². The van der Waals surface area contributed by atoms with E-state index < -0.39 is 0 Å². The van der Waals surface area contributed by atoms with Crippen LogP contribution in [0.25, 0.3) is 0 Å². The lowest BCUT2D eigenvalue weighted by Crippen LogP contribution is -1.95. The Morgan fingerprint density at radius 3 is 2.46 bits per heavy atom. The second-order valence-corrected chi connectivity index (χ2v) is 2.95. The summed E-state index contributed by atoms with van der Waals surface area (Å²) in [7, 11) is 0. The minimum Gasteiger partial charge on any atom is -0.300 e. The van der Waals surface area contributed by atoms with Crippen LogP contribution in [0.3, 0.4) is 0 Å². The molecule has 13 heavy (non-hydrogen) atoms. The van der Waals surface area contributed by atoms with E-state index in [0.717, 1.165) is 5.56 Å². The normalized spacial score (nSPS) is 8.62. The van der Waals surface area contributed by atoms with Gasteiger partial charge in [-0.1, -0.05) is 37.6 Å². The summed E-state index contributed by atoms with van der Waals surface area (Å²) in [6.45, 7) is 5.57. The first-order valence-electron chi connectivity index (χ1n) is 4.42. The monoisotopic (exact) mass is 198 g/mol. The zero-order chi connectivity index (χ0) is 10.3. The van der Waals surface area contributed by atoms with Gasteiger partial charge in [0, 0.05) is 11.4 Å². The molecule has 1 rings (SSSR count). The molecule has 0 N–H and O–H groups in total. The zero-order valence-corrected chi connectivity index (χ0v) is 9.06. The molecule has 1 aromatic rings. The van der Waals surface area contributed by atoms with Gasteiger partial charge in [-0.2, -0.15) is 0 Å². The number of rotatable bonds is 2. The van der Waals surface area contributed by atoms with Crippen molar-refractivity contribution in [1.82, 2.24) is 0 Å². The molecule has 1 nitrogen and oxygen atoms in total. The van der Waals surface area contributed by atoms with Crippen LogP contribution in [0.4, 0.5) is 0 Å². The van der Waals surface area contributed by atoms with Crippen LogP contribution in [0.2, 0.25) is 5.02 Å². The van der Waals surface area contributed by atoms with Crippen LogP contribution >= 0.6 is 11.6 Å². The Morgan fingerprint density at radius 2 is 2.00 bits per heavy atom. The van der Waals surface area contributed by atoms with E-state index in [1.807, 2.05) is 32.0 Å². The lowest BCUT2D eigenvalue weighted by atomic mass is 10.1. The van der Waals surface area contributed by atoms with Gasteiger partial charge in [0.25, 0.3) is 0 Å². The number of ketones is 1. The first-order chi connectivity index (χ1) is 6.18. The number of Topliss-reactive ketones (excluding diaryl/α,β-unsaturated/α-hetero) is 1. The Hall–Kier alpha value is -0.820. The maximum atomic E-state index is 10.7. The van der Waals surface area contributed by atoms with E-state index >= 15 is 0 Å². The molecule has 0 unspecified atom stereocenters. The molecule has 2 heteroatoms. The van der Waals surface area contributed by atoms with E-state index in [9.17, 15) is 4.79 Å². The molecule has 0 bridgehead atoms. The fourth-order valence-corrected chi connectivity index (χ4v) is 1.15. The molecule has 0 aromatic heterocycles. The lowest BCUT2D eigenvalue weighted by molar-refractivity contribution is -0.116. The fraction of sp³-hybridized carbons (Fsp3) is 0.364. The Kier molecular flexibility index (Phi) is 6.25. The number of halogens is 1. The molecule has 0 saturated carbocycles. The first kappa shape index (κ1) is 12.2. The van der Waals surface area contributed by atoms with Gasteiger partial charge in [-0.25, -0.2) is 0 Å². The minimum atomic E-state index is 0.160. The summed E-state index contributed by atoms with van der Waals surface area (Å²) in [5.74, 6) is 0.160. The van der Waals surface area contributed by atoms with Gasteiger partial charge in [-0.15, -0.1) is 0 Å². The Balaban J connectivity index is 0.000000671. The maximum absolute atomic E-state index is 10.7. The van der Waals surface area contributed by atoms with Crippen molar-refractivity contribution in [3.05, 3.63) is 34.9 Å². The number of benzene rings is 1. The standard InChI is InChI=1S/C9H9ClO.C2H6/c1-7(11)5-8-3-2-4-9(10)6-8;1-2/h2-4,6H,5H2,1H3;1-2H3. The molecule has 1 aromatic carbocycles. The molecule has 0 aliphatic rings. The van der Waals surface area contributed by atoms with Gasteiger partial charge in [0.2, 0.25) is 0 Å². The Bertz CT molecular complexity index is 269. The van der Waals surface area contributed by atoms with E-state index in [2.05, 4.69) is 0 Å². The van der Waals surface area contributed by atoms with E-state index in [4.69, 9.17) is 11.6 Å². The van der Waals surface area contributed by atoms with Crippen LogP contribution in [0.15, 0.2) is 24.3 Å². The van der Waals surface area contributed by atoms with E-state index in [-0.39, 0.29) is 5.78 Å². The molecule has 0 radical (unpaired) electrons. The van der Waals surface area contributed by atoms with Crippen LogP contribution in [0, 0.1) is 0 Å². The molecule has 0 aliphatic heterocycles. The maximum Gasteiger partial charge on any atom is 0.134 e. The van der Waals surface area contributed by atoms with Gasteiger partial charge in [-0.05, 0) is 24.6 Å². The number of carbonyl (C=O) groups excluding carboxylic acids is 1. The van der Waals surface area contributed by atoms with Crippen molar-refractivity contribution in [2.75, 3.05) is 0 Å². The summed E-state index contributed by atoms with van der Waals surface area (Å²) in [4.78, 5) is 10.7. The molecule has 72 valence electrons. The molecule has 0 fully saturated rings. The van der Waals surface area contributed by atoms with Gasteiger partial charge in [0.15, 0.2) is 0 Å². The van der Waals surface area contributed by atoms with Gasteiger partial charge in [0.1, 0.15) is 5.78 Å². The summed E-state index contributed by atoms with van der Waals surface area (Å²) in [5.41, 5.74) is 0.977. The van der Waals surface area contributed by atoms with Gasteiger partial charge < -0.3 is 0 Å². The molecule has 0 saturated heterocycles. The summed E-state index contributed by atoms with van der Waals surface area (Å²) >= 11 is 5.72. The third-order valence-electron chi connectivity index (χ3n) is 1.34. The SMILES string of the molecule is CC.CC(=O)Cc1cccc(Cl)c1. The van der Waals surface area contributed by atoms with Crippen LogP contribution in [0.5, 0.6) is 0 Å². The highest BCUT2D eigenvalue weighted by molar-refractivity contribution is 6.30. The minimum absolute atomic E-state index is 0.160. The molecule has 0 spiro atoms. The molecule has 0 atom stereocenters. The number of hydrogen-bond donors (Lipinski definition) is 0. The fourth-order valence-electron chi connectivity index (χ4n) is 0.934. The summed E-state index contributed by atoms with van der Waals surface area (Å²) < 4.78 is 0. The third kappa shape index (κ3) is 5.42. The topological polar surface area (TPSA) is 17.1 Å². The van der Waals surface area contributed by atoms with Crippen molar-refractivity contribution in [3.63, 3.8) is 0 Å². The highest BCUT2D eigenvalue weighted by Crippen LogP contribution is 2.10. The zero-order valence-electron chi connectivity index (χ0n) is 8.30. The van der Waals surface area contributed by atoms with Crippen molar-refractivity contribution in [2.45, 2.75) is 27.2 Å². The molecular weight excluding hydrogens is 184 g/mol. The van der Waals surface area contributed by atoms with Crippen molar-refractivity contribution in [1.29, 1.82) is 0 Å². The van der Waals surface area contributed by atoms with Crippen LogP contribution < -0.4 is 0 Å². The average Bonchev–Trinajstić information content (AvgIpc) is 2.06. The van der Waals surface area contributed by atoms with E-state index in [1.54, 1.807) is 13.0 Å². The lowest BCUT2D eigenvalue weighted by Gasteiger charge is -1.96. The van der Waals surface area contributed by atoms with Crippen molar-refractivity contribution < 1.29 is 4.79 Å². The predicted octanol–water partition coefficient (Wildman–Crippen LogP) is 3.50. The quantitative estimate of drug-likeness (QED) is 0.711. The second-order valence-electron chi connectivity index (χ2n) is 2.51. The highest BCUT2D eigenvalue weighted by Gasteiger charge is 1.96. The van der Waals surface area contributed by atoms with Crippen molar-refractivity contribution >= 4 is 17.4 Å². The summed E-state index contributed by atoms with van der Waals surface area (Å²) in [6, 6.07) is 7.35. The largest absolute Gasteiger partial charge is 0.300 e. The Labute approximate surface area is 84.7 Å². The van der Waals surface area contributed by atoms with Crippen LogP contribution in [-0.4, -0.2) is 5.78 Å². The number of carbonyl (C=O) groups is 1. The van der Waals surface area contributed by atoms with Crippen molar-refractivity contribution in [3.8, 4) is 0 Å². The van der Waals surface area contributed by atoms with Crippen LogP contribution in [0.1, 0.15) is 26.3 Å². The summed E-state index contributed by atoms with van der Waals surface area (Å²) in [5, 5.41) is 0.684. The van der Waals surface area contributed by atoms with Gasteiger partial charge in [-0.3, -0.25) is 4.79 Å². The second kappa shape index (κ2) is 6.67. The van der Waals surface area contributed by atoms with E-state index in [1.165, 1.54) is 0 Å². The van der Waals surface area contributed by atoms with Crippen LogP contribution in [-0.2, 0) is 11.2 Å². The third-order valence-corrected chi connectivity index (χ3v) is 1.58. The summed E-state index contributed by atoms with van der Waals surface area (Å²) in [6.07, 6.45) is 0.473. The van der Waals surface area contributed by atoms with Gasteiger partial charge >= 0.3 is 0 Å².